The van der Waals surface area contributed by atoms with Gasteiger partial charge in [-0.15, -0.1) is 0 Å². The van der Waals surface area contributed by atoms with E-state index in [0.29, 0.717) is 29.5 Å². The molecule has 0 aliphatic heterocycles. The molecule has 3 aromatic carbocycles. The third-order valence-corrected chi connectivity index (χ3v) is 7.81. The van der Waals surface area contributed by atoms with E-state index < -0.39 is 15.9 Å². The molecule has 7 nitrogen and oxygen atoms in total. The zero-order valence-electron chi connectivity index (χ0n) is 19.3. The van der Waals surface area contributed by atoms with Crippen molar-refractivity contribution in [1.29, 1.82) is 0 Å². The van der Waals surface area contributed by atoms with Crippen LogP contribution in [0, 0.1) is 0 Å². The van der Waals surface area contributed by atoms with Crippen molar-refractivity contribution in [3.63, 3.8) is 0 Å². The Balaban J connectivity index is 1.71. The van der Waals surface area contributed by atoms with Gasteiger partial charge in [0.1, 0.15) is 0 Å². The SMILES string of the molecule is COc1ccc(CCNC(=O)CN(Cc2ccc(Br)cc2)S(=O)(=O)c2ccc(Cl)cc2)cc1OC. The Morgan fingerprint density at radius 3 is 2.20 bits per heavy atom. The first-order valence-corrected chi connectivity index (χ1v) is 13.3. The van der Waals surface area contributed by atoms with E-state index in [1.807, 2.05) is 36.4 Å². The maximum atomic E-state index is 13.3. The van der Waals surface area contributed by atoms with Crippen molar-refractivity contribution >= 4 is 43.5 Å². The van der Waals surface area contributed by atoms with Gasteiger partial charge in [-0.2, -0.15) is 4.31 Å². The molecule has 0 saturated carbocycles. The maximum Gasteiger partial charge on any atom is 0.243 e. The standard InChI is InChI=1S/C25H26BrClN2O5S/c1-33-23-12-5-18(15-24(23)34-2)13-14-28-25(30)17-29(16-19-3-6-20(26)7-4-19)35(31,32)22-10-8-21(27)9-11-22/h3-12,15H,13-14,16-17H2,1-2H3,(H,28,30). The molecule has 3 rings (SSSR count). The van der Waals surface area contributed by atoms with Crippen LogP contribution in [0.2, 0.25) is 5.02 Å². The lowest BCUT2D eigenvalue weighted by atomic mass is 10.1. The molecule has 0 aliphatic carbocycles. The molecule has 0 aromatic heterocycles. The minimum absolute atomic E-state index is 0.0430. The highest BCUT2D eigenvalue weighted by Crippen LogP contribution is 2.27. The molecule has 0 spiro atoms. The van der Waals surface area contributed by atoms with Crippen LogP contribution in [0.25, 0.3) is 0 Å². The number of carbonyl (C=O) groups excluding carboxylic acids is 1. The Hall–Kier alpha value is -2.59. The van der Waals surface area contributed by atoms with Crippen LogP contribution in [0.4, 0.5) is 0 Å². The third kappa shape index (κ3) is 7.44. The van der Waals surface area contributed by atoms with Crippen molar-refractivity contribution in [3.8, 4) is 11.5 Å². The summed E-state index contributed by atoms with van der Waals surface area (Å²) in [6, 6.07) is 18.7. The summed E-state index contributed by atoms with van der Waals surface area (Å²) in [5.74, 6) is 0.822. The second kappa shape index (κ2) is 12.4. The number of sulfonamides is 1. The van der Waals surface area contributed by atoms with Gasteiger partial charge < -0.3 is 14.8 Å². The average molecular weight is 582 g/mol. The van der Waals surface area contributed by atoms with E-state index in [1.165, 1.54) is 24.3 Å². The molecule has 0 radical (unpaired) electrons. The molecule has 1 amide bonds. The summed E-state index contributed by atoms with van der Waals surface area (Å²) in [6.07, 6.45) is 0.544. The number of hydrogen-bond donors (Lipinski definition) is 1. The predicted molar refractivity (Wildman–Crippen MR) is 139 cm³/mol. The lowest BCUT2D eigenvalue weighted by molar-refractivity contribution is -0.121. The van der Waals surface area contributed by atoms with Crippen LogP contribution in [0.5, 0.6) is 11.5 Å². The second-order valence-corrected chi connectivity index (χ2v) is 10.9. The molecule has 0 fully saturated rings. The Labute approximate surface area is 219 Å². The lowest BCUT2D eigenvalue weighted by Crippen LogP contribution is -2.40. The molecular formula is C25H26BrClN2O5S. The van der Waals surface area contributed by atoms with E-state index in [1.54, 1.807) is 20.3 Å². The summed E-state index contributed by atoms with van der Waals surface area (Å²) in [4.78, 5) is 12.8. The van der Waals surface area contributed by atoms with Crippen molar-refractivity contribution in [2.45, 2.75) is 17.9 Å². The molecule has 0 atom stereocenters. The van der Waals surface area contributed by atoms with Crippen molar-refractivity contribution in [2.75, 3.05) is 27.3 Å². The van der Waals surface area contributed by atoms with Gasteiger partial charge in [-0.25, -0.2) is 8.42 Å². The normalized spacial score (nSPS) is 11.3. The summed E-state index contributed by atoms with van der Waals surface area (Å²) in [6.45, 7) is 0.0513. The van der Waals surface area contributed by atoms with E-state index in [0.717, 1.165) is 19.9 Å². The third-order valence-electron chi connectivity index (χ3n) is 5.23. The molecule has 0 unspecified atom stereocenters. The maximum absolute atomic E-state index is 13.3. The summed E-state index contributed by atoms with van der Waals surface area (Å²) >= 11 is 9.30. The molecule has 3 aromatic rings. The van der Waals surface area contributed by atoms with Gasteiger partial charge in [0.15, 0.2) is 11.5 Å². The Morgan fingerprint density at radius 2 is 1.57 bits per heavy atom. The van der Waals surface area contributed by atoms with Crippen LogP contribution in [0.1, 0.15) is 11.1 Å². The topological polar surface area (TPSA) is 84.9 Å². The molecule has 1 N–H and O–H groups in total. The van der Waals surface area contributed by atoms with Crippen LogP contribution >= 0.6 is 27.5 Å². The number of amides is 1. The van der Waals surface area contributed by atoms with Crippen LogP contribution in [-0.2, 0) is 27.8 Å². The summed E-state index contributed by atoms with van der Waals surface area (Å²) in [5, 5.41) is 3.24. The number of nitrogens with zero attached hydrogens (tertiary/aromatic N) is 1. The lowest BCUT2D eigenvalue weighted by Gasteiger charge is -2.22. The van der Waals surface area contributed by atoms with Gasteiger partial charge in [0.05, 0.1) is 25.7 Å². The molecule has 0 bridgehead atoms. The molecule has 0 heterocycles. The number of hydrogen-bond acceptors (Lipinski definition) is 5. The number of rotatable bonds is 11. The fourth-order valence-electron chi connectivity index (χ4n) is 3.37. The fourth-order valence-corrected chi connectivity index (χ4v) is 5.15. The Bertz CT molecular complexity index is 1250. The number of nitrogens with one attached hydrogen (secondary N) is 1. The van der Waals surface area contributed by atoms with Crippen LogP contribution < -0.4 is 14.8 Å². The highest BCUT2D eigenvalue weighted by atomic mass is 79.9. The van der Waals surface area contributed by atoms with Crippen LogP contribution in [0.15, 0.2) is 76.1 Å². The largest absolute Gasteiger partial charge is 0.493 e. The summed E-state index contributed by atoms with van der Waals surface area (Å²) < 4.78 is 39.3. The van der Waals surface area contributed by atoms with Crippen molar-refractivity contribution in [2.24, 2.45) is 0 Å². The molecule has 10 heteroatoms. The zero-order valence-corrected chi connectivity index (χ0v) is 22.5. The highest BCUT2D eigenvalue weighted by molar-refractivity contribution is 9.10. The first-order chi connectivity index (χ1) is 16.7. The number of benzene rings is 3. The summed E-state index contributed by atoms with van der Waals surface area (Å²) in [5.41, 5.74) is 1.70. The monoisotopic (exact) mass is 580 g/mol. The molecule has 186 valence electrons. The van der Waals surface area contributed by atoms with Crippen molar-refractivity contribution in [3.05, 3.63) is 87.4 Å². The van der Waals surface area contributed by atoms with Crippen molar-refractivity contribution < 1.29 is 22.7 Å². The molecular weight excluding hydrogens is 556 g/mol. The zero-order chi connectivity index (χ0) is 25.4. The molecule has 0 saturated heterocycles. The summed E-state index contributed by atoms with van der Waals surface area (Å²) in [7, 11) is -0.818. The van der Waals surface area contributed by atoms with Gasteiger partial charge in [0.25, 0.3) is 0 Å². The molecule has 35 heavy (non-hydrogen) atoms. The smallest absolute Gasteiger partial charge is 0.243 e. The van der Waals surface area contributed by atoms with Crippen LogP contribution in [0.3, 0.4) is 0 Å². The fraction of sp³-hybridized carbons (Fsp3) is 0.240. The van der Waals surface area contributed by atoms with E-state index >= 15 is 0 Å². The number of halogens is 2. The first kappa shape index (κ1) is 27.0. The molecule has 0 aliphatic rings. The predicted octanol–water partition coefficient (Wildman–Crippen LogP) is 4.67. The number of ether oxygens (including phenoxy) is 2. The number of carbonyl (C=O) groups is 1. The Kier molecular flexibility index (Phi) is 9.56. The Morgan fingerprint density at radius 1 is 0.943 bits per heavy atom. The van der Waals surface area contributed by atoms with Gasteiger partial charge >= 0.3 is 0 Å². The first-order valence-electron chi connectivity index (χ1n) is 10.7. The second-order valence-electron chi connectivity index (χ2n) is 7.64. The van der Waals surface area contributed by atoms with Crippen LogP contribution in [-0.4, -0.2) is 45.9 Å². The van der Waals surface area contributed by atoms with E-state index in [2.05, 4.69) is 21.2 Å². The van der Waals surface area contributed by atoms with E-state index in [9.17, 15) is 13.2 Å². The minimum Gasteiger partial charge on any atom is -0.493 e. The average Bonchev–Trinajstić information content (AvgIpc) is 2.85. The van der Waals surface area contributed by atoms with Gasteiger partial charge in [-0.3, -0.25) is 4.79 Å². The van der Waals surface area contributed by atoms with Gasteiger partial charge in [-0.05, 0) is 66.1 Å². The van der Waals surface area contributed by atoms with E-state index in [4.69, 9.17) is 21.1 Å². The minimum atomic E-state index is -3.94. The van der Waals surface area contributed by atoms with Crippen molar-refractivity contribution in [1.82, 2.24) is 9.62 Å². The van der Waals surface area contributed by atoms with E-state index in [-0.39, 0.29) is 18.0 Å². The van der Waals surface area contributed by atoms with Gasteiger partial charge in [0, 0.05) is 22.6 Å². The quantitative estimate of drug-likeness (QED) is 0.356. The van der Waals surface area contributed by atoms with Gasteiger partial charge in [-0.1, -0.05) is 45.7 Å². The van der Waals surface area contributed by atoms with Gasteiger partial charge in [0.2, 0.25) is 15.9 Å². The number of methoxy groups -OCH3 is 2. The highest BCUT2D eigenvalue weighted by Gasteiger charge is 2.27.